The number of alkyl carbamates (subject to hydrolysis) is 1. The highest BCUT2D eigenvalue weighted by Gasteiger charge is 2.41. The average Bonchev–Trinajstić information content (AvgIpc) is 2.87. The number of alkyl halides is 3. The zero-order valence-corrected chi connectivity index (χ0v) is 25.7. The summed E-state index contributed by atoms with van der Waals surface area (Å²) in [4.78, 5) is 12.1. The van der Waals surface area contributed by atoms with Gasteiger partial charge in [0, 0.05) is 5.56 Å². The van der Waals surface area contributed by atoms with Crippen molar-refractivity contribution in [2.75, 3.05) is 4.31 Å². The minimum Gasteiger partial charge on any atom is -0.444 e. The molecule has 43 heavy (non-hydrogen) atoms. The Balaban J connectivity index is 1.84. The summed E-state index contributed by atoms with van der Waals surface area (Å²) in [5, 5.41) is 2.92. The van der Waals surface area contributed by atoms with Crippen molar-refractivity contribution in [3.05, 3.63) is 93.8 Å². The number of sulfonamides is 1. The molecule has 1 aliphatic heterocycles. The van der Waals surface area contributed by atoms with E-state index in [1.54, 1.807) is 65.0 Å². The molecule has 1 aliphatic rings. The number of hydrogen-bond donors (Lipinski definition) is 1. The number of anilines is 1. The summed E-state index contributed by atoms with van der Waals surface area (Å²) in [6.07, 6.45) is -3.68. The van der Waals surface area contributed by atoms with E-state index in [0.29, 0.717) is 22.8 Å². The topological polar surface area (TPSA) is 75.7 Å². The molecule has 2 atom stereocenters. The highest BCUT2D eigenvalue weighted by atomic mass is 35.5. The molecule has 3 aromatic carbocycles. The third-order valence-corrected chi connectivity index (χ3v) is 9.11. The number of rotatable bonds is 5. The molecule has 0 saturated heterocycles. The van der Waals surface area contributed by atoms with Crippen LogP contribution in [0.2, 0.25) is 5.02 Å². The summed E-state index contributed by atoms with van der Waals surface area (Å²) in [5.41, 5.74) is -0.0264. The fourth-order valence-corrected chi connectivity index (χ4v) is 7.04. The van der Waals surface area contributed by atoms with Gasteiger partial charge in [0.05, 0.1) is 33.3 Å². The molecule has 1 amide bonds. The Morgan fingerprint density at radius 2 is 1.74 bits per heavy atom. The molecule has 6 nitrogen and oxygen atoms in total. The number of carbonyl (C=O) groups is 1. The number of nitrogens with one attached hydrogen (secondary N) is 1. The molecule has 230 valence electrons. The van der Waals surface area contributed by atoms with Gasteiger partial charge in [-0.2, -0.15) is 13.2 Å². The van der Waals surface area contributed by atoms with Gasteiger partial charge in [-0.3, -0.25) is 4.31 Å². The first kappa shape index (κ1) is 32.3. The normalized spacial score (nSPS) is 17.8. The minimum atomic E-state index is -4.76. The molecule has 0 aliphatic carbocycles. The second-order valence-corrected chi connectivity index (χ2v) is 13.6. The summed E-state index contributed by atoms with van der Waals surface area (Å²) >= 11 is 6.23. The van der Waals surface area contributed by atoms with Crippen LogP contribution < -0.4 is 9.62 Å². The lowest BCUT2D eigenvalue weighted by Gasteiger charge is -2.41. The number of allylic oxidation sites excluding steroid dienone is 1. The van der Waals surface area contributed by atoms with E-state index in [1.165, 1.54) is 12.1 Å². The summed E-state index contributed by atoms with van der Waals surface area (Å²) in [5.74, 6) is -0.530. The molecule has 12 heteroatoms. The first-order chi connectivity index (χ1) is 19.9. The predicted molar refractivity (Wildman–Crippen MR) is 159 cm³/mol. The van der Waals surface area contributed by atoms with Gasteiger partial charge in [0.25, 0.3) is 10.0 Å². The molecule has 4 rings (SSSR count). The molecular weight excluding hydrogens is 608 g/mol. The van der Waals surface area contributed by atoms with Crippen molar-refractivity contribution < 1.29 is 35.5 Å². The number of nitrogens with zero attached hydrogens (tertiary/aromatic N) is 1. The van der Waals surface area contributed by atoms with Crippen LogP contribution in [0.1, 0.15) is 56.9 Å². The molecule has 0 bridgehead atoms. The molecule has 3 aromatic rings. The Kier molecular flexibility index (Phi) is 8.91. The Labute approximate surface area is 253 Å². The molecular formula is C31H31ClF4N2O4S. The number of ether oxygens (including phenoxy) is 1. The molecule has 0 spiro atoms. The standard InChI is InChI=1S/C31H31ClF4N2O4S/c1-18(28-24(32)10-7-11-25(28)33)14-20-12-13-21-16-26(37-29(39)42-30(3,4)5)19(2)38(27(21)15-20)43(40,41)23-9-6-8-22(17-23)31(34,35)36/h6-15,17,19,26H,16H2,1-5H3,(H,37,39)/b18-14+/t19-,26-/m1/s1. The number of halogens is 5. The lowest BCUT2D eigenvalue weighted by Crippen LogP contribution is -2.56. The van der Waals surface area contributed by atoms with Crippen LogP contribution in [0.3, 0.4) is 0 Å². The van der Waals surface area contributed by atoms with Crippen LogP contribution in [0.4, 0.5) is 28.0 Å². The van der Waals surface area contributed by atoms with Crippen LogP contribution in [0.5, 0.6) is 0 Å². The van der Waals surface area contributed by atoms with E-state index in [-0.39, 0.29) is 22.7 Å². The van der Waals surface area contributed by atoms with E-state index in [4.69, 9.17) is 16.3 Å². The summed E-state index contributed by atoms with van der Waals surface area (Å²) in [6.45, 7) is 8.26. The van der Waals surface area contributed by atoms with Crippen molar-refractivity contribution in [3.63, 3.8) is 0 Å². The van der Waals surface area contributed by atoms with Gasteiger partial charge in [-0.05, 0) is 94.1 Å². The van der Waals surface area contributed by atoms with Crippen molar-refractivity contribution in [2.45, 2.75) is 69.8 Å². The van der Waals surface area contributed by atoms with Gasteiger partial charge >= 0.3 is 12.3 Å². The number of fused-ring (bicyclic) bond motifs is 1. The van der Waals surface area contributed by atoms with E-state index in [0.717, 1.165) is 22.5 Å². The first-order valence-electron chi connectivity index (χ1n) is 13.4. The number of hydrogen-bond acceptors (Lipinski definition) is 4. The molecule has 0 radical (unpaired) electrons. The van der Waals surface area contributed by atoms with Crippen molar-refractivity contribution in [3.8, 4) is 0 Å². The van der Waals surface area contributed by atoms with Crippen molar-refractivity contribution >= 4 is 45.1 Å². The van der Waals surface area contributed by atoms with Gasteiger partial charge in [-0.15, -0.1) is 0 Å². The summed E-state index contributed by atoms with van der Waals surface area (Å²) in [7, 11) is -4.58. The third kappa shape index (κ3) is 7.15. The highest BCUT2D eigenvalue weighted by molar-refractivity contribution is 7.92. The third-order valence-electron chi connectivity index (χ3n) is 6.90. The minimum absolute atomic E-state index is 0.185. The Morgan fingerprint density at radius 3 is 2.37 bits per heavy atom. The zero-order valence-electron chi connectivity index (χ0n) is 24.1. The SMILES string of the molecule is C/C(=C\c1ccc2c(c1)N(S(=O)(=O)c1cccc(C(F)(F)F)c1)[C@H](C)[C@H](NC(=O)OC(C)(C)C)C2)c1c(F)cccc1Cl. The Hall–Kier alpha value is -3.57. The Bertz CT molecular complexity index is 1660. The summed E-state index contributed by atoms with van der Waals surface area (Å²) in [6, 6.07) is 11.0. The van der Waals surface area contributed by atoms with Crippen molar-refractivity contribution in [1.29, 1.82) is 0 Å². The van der Waals surface area contributed by atoms with Crippen LogP contribution in [0.15, 0.2) is 65.6 Å². The fourth-order valence-electron chi connectivity index (χ4n) is 4.96. The smallest absolute Gasteiger partial charge is 0.416 e. The molecule has 0 unspecified atom stereocenters. The maximum absolute atomic E-state index is 14.6. The maximum atomic E-state index is 14.6. The largest absolute Gasteiger partial charge is 0.444 e. The van der Waals surface area contributed by atoms with Gasteiger partial charge < -0.3 is 10.1 Å². The molecule has 1 heterocycles. The zero-order chi connectivity index (χ0) is 31.9. The molecule has 0 fully saturated rings. The second-order valence-electron chi connectivity index (χ2n) is 11.3. The average molecular weight is 639 g/mol. The lowest BCUT2D eigenvalue weighted by molar-refractivity contribution is -0.137. The van der Waals surface area contributed by atoms with Gasteiger partial charge in [-0.25, -0.2) is 17.6 Å². The first-order valence-corrected chi connectivity index (χ1v) is 15.2. The molecule has 0 aromatic heterocycles. The van der Waals surface area contributed by atoms with Gasteiger partial charge in [0.15, 0.2) is 0 Å². The van der Waals surface area contributed by atoms with Crippen LogP contribution >= 0.6 is 11.6 Å². The van der Waals surface area contributed by atoms with Gasteiger partial charge in [0.1, 0.15) is 11.4 Å². The van der Waals surface area contributed by atoms with E-state index >= 15 is 0 Å². The van der Waals surface area contributed by atoms with Crippen LogP contribution in [-0.4, -0.2) is 32.2 Å². The van der Waals surface area contributed by atoms with Gasteiger partial charge in [0.2, 0.25) is 0 Å². The molecule has 1 N–H and O–H groups in total. The van der Waals surface area contributed by atoms with E-state index in [2.05, 4.69) is 5.32 Å². The van der Waals surface area contributed by atoms with Crippen LogP contribution in [-0.2, 0) is 27.4 Å². The Morgan fingerprint density at radius 1 is 1.07 bits per heavy atom. The predicted octanol–water partition coefficient (Wildman–Crippen LogP) is 8.09. The lowest BCUT2D eigenvalue weighted by atomic mass is 9.92. The monoisotopic (exact) mass is 638 g/mol. The second kappa shape index (κ2) is 11.8. The number of benzene rings is 3. The van der Waals surface area contributed by atoms with E-state index < -0.39 is 56.3 Å². The van der Waals surface area contributed by atoms with Crippen molar-refractivity contribution in [1.82, 2.24) is 5.32 Å². The van der Waals surface area contributed by atoms with Crippen LogP contribution in [0.25, 0.3) is 11.6 Å². The van der Waals surface area contributed by atoms with E-state index in [1.807, 2.05) is 0 Å². The van der Waals surface area contributed by atoms with E-state index in [9.17, 15) is 30.8 Å². The molecule has 0 saturated carbocycles. The highest BCUT2D eigenvalue weighted by Crippen LogP contribution is 2.39. The van der Waals surface area contributed by atoms with Crippen molar-refractivity contribution in [2.24, 2.45) is 0 Å². The van der Waals surface area contributed by atoms with Gasteiger partial charge in [-0.1, -0.05) is 41.9 Å². The maximum Gasteiger partial charge on any atom is 0.416 e. The number of amides is 1. The fraction of sp³-hybridized carbons (Fsp3) is 0.323. The summed E-state index contributed by atoms with van der Waals surface area (Å²) < 4.78 is 89.6. The number of carbonyl (C=O) groups excluding carboxylic acids is 1. The quantitative estimate of drug-likeness (QED) is 0.226. The van der Waals surface area contributed by atoms with Crippen LogP contribution in [0, 0.1) is 5.82 Å².